The van der Waals surface area contributed by atoms with Crippen molar-refractivity contribution in [2.75, 3.05) is 11.4 Å². The summed E-state index contributed by atoms with van der Waals surface area (Å²) in [6.07, 6.45) is 7.74. The molecule has 1 aliphatic heterocycles. The highest BCUT2D eigenvalue weighted by Gasteiger charge is 2.21. The molecule has 5 nitrogen and oxygen atoms in total. The molecule has 0 saturated heterocycles. The maximum absolute atomic E-state index is 4.70. The number of aromatic nitrogens is 4. The predicted molar refractivity (Wildman–Crippen MR) is 116 cm³/mol. The summed E-state index contributed by atoms with van der Waals surface area (Å²) in [6, 6.07) is 19.2. The average Bonchev–Trinajstić information content (AvgIpc) is 3.26. The van der Waals surface area contributed by atoms with E-state index in [-0.39, 0.29) is 0 Å². The number of H-pyrrole nitrogens is 1. The first-order valence-corrected chi connectivity index (χ1v) is 9.90. The van der Waals surface area contributed by atoms with Gasteiger partial charge < -0.3 is 9.88 Å². The van der Waals surface area contributed by atoms with Gasteiger partial charge in [-0.1, -0.05) is 24.3 Å². The van der Waals surface area contributed by atoms with Crippen LogP contribution in [0.4, 0.5) is 11.5 Å². The van der Waals surface area contributed by atoms with Gasteiger partial charge in [-0.05, 0) is 54.3 Å². The number of para-hydroxylation sites is 1. The topological polar surface area (TPSA) is 57.7 Å². The minimum atomic E-state index is 0.906. The van der Waals surface area contributed by atoms with Crippen molar-refractivity contribution in [3.8, 4) is 11.1 Å². The summed E-state index contributed by atoms with van der Waals surface area (Å²) < 4.78 is 0. The van der Waals surface area contributed by atoms with Crippen LogP contribution in [0.2, 0.25) is 0 Å². The normalized spacial score (nSPS) is 13.7. The molecule has 6 rings (SSSR count). The Hall–Kier alpha value is -3.73. The number of aromatic amines is 1. The van der Waals surface area contributed by atoms with E-state index in [0.717, 1.165) is 58.3 Å². The number of rotatable bonds is 2. The monoisotopic (exact) mass is 377 g/mol. The Balaban J connectivity index is 1.52. The van der Waals surface area contributed by atoms with Crippen LogP contribution < -0.4 is 4.90 Å². The van der Waals surface area contributed by atoms with Crippen molar-refractivity contribution in [1.82, 2.24) is 19.9 Å². The number of aryl methyl sites for hydroxylation is 1. The molecule has 3 aromatic heterocycles. The van der Waals surface area contributed by atoms with Gasteiger partial charge in [-0.2, -0.15) is 0 Å². The molecule has 0 unspecified atom stereocenters. The van der Waals surface area contributed by atoms with Gasteiger partial charge in [-0.15, -0.1) is 0 Å². The van der Waals surface area contributed by atoms with Crippen molar-refractivity contribution in [2.45, 2.75) is 12.8 Å². The lowest BCUT2D eigenvalue weighted by atomic mass is 10.0. The number of nitrogens with one attached hydrogen (secondary N) is 1. The Morgan fingerprint density at radius 1 is 0.897 bits per heavy atom. The second-order valence-corrected chi connectivity index (χ2v) is 7.45. The van der Waals surface area contributed by atoms with E-state index in [9.17, 15) is 0 Å². The van der Waals surface area contributed by atoms with Gasteiger partial charge in [0.1, 0.15) is 17.8 Å². The second-order valence-electron chi connectivity index (χ2n) is 7.45. The van der Waals surface area contributed by atoms with E-state index in [1.165, 1.54) is 11.3 Å². The highest BCUT2D eigenvalue weighted by atomic mass is 15.2. The van der Waals surface area contributed by atoms with Crippen LogP contribution in [0.25, 0.3) is 33.1 Å². The minimum Gasteiger partial charge on any atom is -0.346 e. The van der Waals surface area contributed by atoms with Gasteiger partial charge in [-0.3, -0.25) is 0 Å². The second kappa shape index (κ2) is 6.41. The number of pyridine rings is 1. The lowest BCUT2D eigenvalue weighted by Gasteiger charge is -2.31. The van der Waals surface area contributed by atoms with E-state index in [0.29, 0.717) is 0 Å². The van der Waals surface area contributed by atoms with E-state index in [1.54, 1.807) is 6.33 Å². The molecule has 0 amide bonds. The molecule has 1 aliphatic rings. The zero-order valence-corrected chi connectivity index (χ0v) is 15.8. The first kappa shape index (κ1) is 16.2. The predicted octanol–water partition coefficient (Wildman–Crippen LogP) is 5.26. The van der Waals surface area contributed by atoms with Gasteiger partial charge in [0.05, 0.1) is 5.52 Å². The summed E-state index contributed by atoms with van der Waals surface area (Å²) >= 11 is 0. The van der Waals surface area contributed by atoms with E-state index in [4.69, 9.17) is 4.98 Å². The van der Waals surface area contributed by atoms with Gasteiger partial charge in [0.25, 0.3) is 0 Å². The number of nitrogens with zero attached hydrogens (tertiary/aromatic N) is 4. The fourth-order valence-electron chi connectivity index (χ4n) is 4.29. The molecule has 0 spiro atoms. The van der Waals surface area contributed by atoms with Crippen molar-refractivity contribution < 1.29 is 0 Å². The average molecular weight is 377 g/mol. The Labute approximate surface area is 168 Å². The highest BCUT2D eigenvalue weighted by molar-refractivity contribution is 5.95. The van der Waals surface area contributed by atoms with Crippen molar-refractivity contribution in [3.63, 3.8) is 0 Å². The summed E-state index contributed by atoms with van der Waals surface area (Å²) in [6.45, 7) is 0.963. The third-order valence-electron chi connectivity index (χ3n) is 5.71. The fourth-order valence-corrected chi connectivity index (χ4v) is 4.29. The SMILES string of the molecule is c1ccc2c(c1)CCCN2c1ncnc2ccc(-c3cnc4[nH]ccc4c3)cc12. The third kappa shape index (κ3) is 2.66. The standard InChI is InChI=1S/C24H19N5/c1-2-6-22-16(4-1)5-3-11-29(22)24-20-13-17(7-8-21(20)27-15-28-24)19-12-18-9-10-25-23(18)26-14-19/h1-2,4,6-10,12-15H,3,5,11H2,(H,25,26). The quantitative estimate of drug-likeness (QED) is 0.456. The van der Waals surface area contributed by atoms with Crippen molar-refractivity contribution in [1.29, 1.82) is 0 Å². The third-order valence-corrected chi connectivity index (χ3v) is 5.71. The Kier molecular flexibility index (Phi) is 3.59. The molecule has 4 heterocycles. The maximum atomic E-state index is 4.70. The summed E-state index contributed by atoms with van der Waals surface area (Å²) in [7, 11) is 0. The van der Waals surface area contributed by atoms with E-state index in [1.807, 2.05) is 18.5 Å². The van der Waals surface area contributed by atoms with Crippen LogP contribution in [0.15, 0.2) is 73.3 Å². The molecule has 29 heavy (non-hydrogen) atoms. The van der Waals surface area contributed by atoms with Gasteiger partial charge in [0, 0.05) is 41.0 Å². The van der Waals surface area contributed by atoms with Crippen LogP contribution in [0.3, 0.4) is 0 Å². The Bertz CT molecular complexity index is 1350. The van der Waals surface area contributed by atoms with Crippen molar-refractivity contribution >= 4 is 33.4 Å². The molecule has 140 valence electrons. The van der Waals surface area contributed by atoms with Gasteiger partial charge in [0.15, 0.2) is 0 Å². The molecule has 5 aromatic rings. The Morgan fingerprint density at radius 2 is 1.86 bits per heavy atom. The van der Waals surface area contributed by atoms with Crippen LogP contribution in [0, 0.1) is 0 Å². The summed E-state index contributed by atoms with van der Waals surface area (Å²) in [5, 5.41) is 2.17. The number of hydrogen-bond acceptors (Lipinski definition) is 4. The van der Waals surface area contributed by atoms with Crippen LogP contribution >= 0.6 is 0 Å². The van der Waals surface area contributed by atoms with Gasteiger partial charge >= 0.3 is 0 Å². The molecule has 0 radical (unpaired) electrons. The molecule has 0 bridgehead atoms. The number of benzene rings is 2. The lowest BCUT2D eigenvalue weighted by Crippen LogP contribution is -2.25. The first-order chi connectivity index (χ1) is 14.4. The van der Waals surface area contributed by atoms with Crippen molar-refractivity contribution in [2.24, 2.45) is 0 Å². The van der Waals surface area contributed by atoms with Crippen molar-refractivity contribution in [3.05, 3.63) is 78.9 Å². The molecule has 1 N–H and O–H groups in total. The van der Waals surface area contributed by atoms with Gasteiger partial charge in [-0.25, -0.2) is 15.0 Å². The van der Waals surface area contributed by atoms with Crippen LogP contribution in [-0.4, -0.2) is 26.5 Å². The summed E-state index contributed by atoms with van der Waals surface area (Å²) in [5.41, 5.74) is 6.70. The van der Waals surface area contributed by atoms with Gasteiger partial charge in [0.2, 0.25) is 0 Å². The van der Waals surface area contributed by atoms with E-state index in [2.05, 4.69) is 68.4 Å². The van der Waals surface area contributed by atoms with Crippen LogP contribution in [0.1, 0.15) is 12.0 Å². The molecular weight excluding hydrogens is 358 g/mol. The number of anilines is 2. The molecule has 0 aliphatic carbocycles. The number of hydrogen-bond donors (Lipinski definition) is 1. The fraction of sp³-hybridized carbons (Fsp3) is 0.125. The lowest BCUT2D eigenvalue weighted by molar-refractivity contribution is 0.761. The first-order valence-electron chi connectivity index (χ1n) is 9.90. The molecular formula is C24H19N5. The smallest absolute Gasteiger partial charge is 0.144 e. The summed E-state index contributed by atoms with van der Waals surface area (Å²) in [4.78, 5) is 19.2. The highest BCUT2D eigenvalue weighted by Crippen LogP contribution is 2.36. The molecule has 2 aromatic carbocycles. The number of fused-ring (bicyclic) bond motifs is 3. The zero-order valence-electron chi connectivity index (χ0n) is 15.8. The zero-order chi connectivity index (χ0) is 19.2. The minimum absolute atomic E-state index is 0.906. The molecule has 0 fully saturated rings. The van der Waals surface area contributed by atoms with E-state index >= 15 is 0 Å². The largest absolute Gasteiger partial charge is 0.346 e. The molecule has 0 saturated carbocycles. The maximum Gasteiger partial charge on any atom is 0.144 e. The van der Waals surface area contributed by atoms with Crippen LogP contribution in [-0.2, 0) is 6.42 Å². The van der Waals surface area contributed by atoms with Crippen LogP contribution in [0.5, 0.6) is 0 Å². The molecule has 0 atom stereocenters. The van der Waals surface area contributed by atoms with E-state index < -0.39 is 0 Å². The molecule has 5 heteroatoms. The summed E-state index contributed by atoms with van der Waals surface area (Å²) in [5.74, 6) is 0.972. The Morgan fingerprint density at radius 3 is 2.86 bits per heavy atom.